The molecule has 0 fully saturated rings. The Balaban J connectivity index is -0.0000000457. The van der Waals surface area contributed by atoms with Crippen LogP contribution in [-0.4, -0.2) is 29.6 Å². The topological polar surface area (TPSA) is 156 Å². The van der Waals surface area contributed by atoms with Crippen molar-refractivity contribution < 1.29 is 17.1 Å². The van der Waals surface area contributed by atoms with Crippen molar-refractivity contribution in [1.29, 1.82) is 0 Å². The van der Waals surface area contributed by atoms with Gasteiger partial charge in [-0.05, 0) is 0 Å². The van der Waals surface area contributed by atoms with Crippen LogP contribution in [0.3, 0.4) is 0 Å². The SMILES string of the molecule is NC=C(N)N.NC=C(N)N.[Fe].[NaH]. The maximum absolute atomic E-state index is 4.81. The van der Waals surface area contributed by atoms with Crippen LogP contribution in [0.1, 0.15) is 0 Å². The van der Waals surface area contributed by atoms with Gasteiger partial charge in [0.2, 0.25) is 0 Å². The van der Waals surface area contributed by atoms with Crippen LogP contribution in [0.2, 0.25) is 0 Å². The number of rotatable bonds is 0. The molecule has 0 amide bonds. The van der Waals surface area contributed by atoms with Crippen LogP contribution in [0.5, 0.6) is 0 Å². The van der Waals surface area contributed by atoms with Crippen LogP contribution >= 0.6 is 0 Å². The van der Waals surface area contributed by atoms with Crippen molar-refractivity contribution in [2.45, 2.75) is 0 Å². The summed E-state index contributed by atoms with van der Waals surface area (Å²) in [5, 5.41) is 0. The Morgan fingerprint density at radius 1 is 0.750 bits per heavy atom. The first-order chi connectivity index (χ1) is 4.54. The van der Waals surface area contributed by atoms with Crippen LogP contribution in [0.4, 0.5) is 0 Å². The van der Waals surface area contributed by atoms with E-state index in [0.29, 0.717) is 0 Å². The second-order valence-corrected chi connectivity index (χ2v) is 1.33. The molecule has 0 aliphatic heterocycles. The first-order valence-corrected chi connectivity index (χ1v) is 2.40. The number of nitrogens with two attached hydrogens (primary N) is 6. The van der Waals surface area contributed by atoms with Gasteiger partial charge in [-0.2, -0.15) is 0 Å². The molecule has 6 nitrogen and oxygen atoms in total. The van der Waals surface area contributed by atoms with Gasteiger partial charge in [0.25, 0.3) is 0 Å². The molecule has 0 radical (unpaired) electrons. The van der Waals surface area contributed by atoms with E-state index in [-0.39, 0.29) is 58.3 Å². The number of hydrogen-bond donors (Lipinski definition) is 6. The molecule has 0 aromatic heterocycles. The van der Waals surface area contributed by atoms with Crippen molar-refractivity contribution in [3.63, 3.8) is 0 Å². The summed E-state index contributed by atoms with van der Waals surface area (Å²) in [5.74, 6) is 0.315. The average molecular weight is 226 g/mol. The summed E-state index contributed by atoms with van der Waals surface area (Å²) in [6.07, 6.45) is 2.28. The van der Waals surface area contributed by atoms with E-state index in [1.54, 1.807) is 0 Å². The zero-order chi connectivity index (χ0) is 8.57. The summed E-state index contributed by atoms with van der Waals surface area (Å²) in [5.41, 5.74) is 28.7. The maximum atomic E-state index is 4.81. The fraction of sp³-hybridized carbons (Fsp3) is 0. The molecule has 70 valence electrons. The first-order valence-electron chi connectivity index (χ1n) is 2.40. The summed E-state index contributed by atoms with van der Waals surface area (Å²) in [4.78, 5) is 0. The zero-order valence-electron chi connectivity index (χ0n) is 5.97. The van der Waals surface area contributed by atoms with Gasteiger partial charge in [0.15, 0.2) is 0 Å². The molecule has 0 heterocycles. The molecule has 12 heavy (non-hydrogen) atoms. The van der Waals surface area contributed by atoms with Crippen molar-refractivity contribution in [1.82, 2.24) is 0 Å². The van der Waals surface area contributed by atoms with E-state index < -0.39 is 0 Å². The van der Waals surface area contributed by atoms with Gasteiger partial charge in [-0.3, -0.25) is 0 Å². The Morgan fingerprint density at radius 2 is 0.833 bits per heavy atom. The van der Waals surface area contributed by atoms with Crippen LogP contribution in [0, 0.1) is 0 Å². The van der Waals surface area contributed by atoms with Gasteiger partial charge in [0.05, 0.1) is 0 Å². The Labute approximate surface area is 105 Å². The standard InChI is InChI=1S/2C2H7N3.Fe.Na.H/c2*3-1-2(4)5;;;/h2*1H,3-5H2;;;. The van der Waals surface area contributed by atoms with E-state index in [9.17, 15) is 0 Å². The molecule has 0 saturated carbocycles. The Hall–Kier alpha value is -0.201. The van der Waals surface area contributed by atoms with Crippen LogP contribution in [0.25, 0.3) is 0 Å². The summed E-state index contributed by atoms with van der Waals surface area (Å²) in [7, 11) is 0. The summed E-state index contributed by atoms with van der Waals surface area (Å²) in [6, 6.07) is 0. The van der Waals surface area contributed by atoms with Crippen LogP contribution < -0.4 is 34.4 Å². The summed E-state index contributed by atoms with van der Waals surface area (Å²) in [6.45, 7) is 0. The van der Waals surface area contributed by atoms with E-state index in [1.165, 1.54) is 0 Å². The Kier molecular flexibility index (Phi) is 32.1. The fourth-order valence-corrected chi connectivity index (χ4v) is 0. The molecule has 0 spiro atoms. The molecule has 0 atom stereocenters. The quantitative estimate of drug-likeness (QED) is 0.237. The van der Waals surface area contributed by atoms with Crippen molar-refractivity contribution in [3.8, 4) is 0 Å². The molecule has 0 aromatic rings. The fourth-order valence-electron chi connectivity index (χ4n) is 0. The predicted molar refractivity (Wildman–Crippen MR) is 48.4 cm³/mol. The van der Waals surface area contributed by atoms with Crippen molar-refractivity contribution in [3.05, 3.63) is 24.0 Å². The molecule has 0 bridgehead atoms. The van der Waals surface area contributed by atoms with Crippen LogP contribution in [0.15, 0.2) is 24.0 Å². The van der Waals surface area contributed by atoms with E-state index in [1.807, 2.05) is 0 Å². The molecular weight excluding hydrogens is 211 g/mol. The van der Waals surface area contributed by atoms with Gasteiger partial charge in [-0.15, -0.1) is 0 Å². The van der Waals surface area contributed by atoms with E-state index in [4.69, 9.17) is 34.4 Å². The second-order valence-electron chi connectivity index (χ2n) is 1.33. The predicted octanol–water partition coefficient (Wildman–Crippen LogP) is -3.33. The normalized spacial score (nSPS) is 5.33. The molecule has 0 aromatic carbocycles. The van der Waals surface area contributed by atoms with E-state index in [2.05, 4.69) is 0 Å². The molecule has 0 unspecified atom stereocenters. The van der Waals surface area contributed by atoms with Gasteiger partial charge in [0, 0.05) is 29.5 Å². The first kappa shape index (κ1) is 22.6. The van der Waals surface area contributed by atoms with Gasteiger partial charge in [-0.1, -0.05) is 0 Å². The average Bonchev–Trinajstić information content (AvgIpc) is 1.89. The van der Waals surface area contributed by atoms with Gasteiger partial charge >= 0.3 is 29.6 Å². The minimum absolute atomic E-state index is 0. The third kappa shape index (κ3) is 52.6. The van der Waals surface area contributed by atoms with Crippen molar-refractivity contribution in [2.75, 3.05) is 0 Å². The molecule has 8 heteroatoms. The molecule has 0 saturated heterocycles. The summed E-state index contributed by atoms with van der Waals surface area (Å²) < 4.78 is 0. The van der Waals surface area contributed by atoms with Crippen molar-refractivity contribution >= 4 is 29.6 Å². The number of hydrogen-bond acceptors (Lipinski definition) is 6. The minimum atomic E-state index is 0. The van der Waals surface area contributed by atoms with E-state index >= 15 is 0 Å². The zero-order valence-corrected chi connectivity index (χ0v) is 7.08. The van der Waals surface area contributed by atoms with E-state index in [0.717, 1.165) is 12.4 Å². The molecule has 0 aliphatic carbocycles. The van der Waals surface area contributed by atoms with Gasteiger partial charge in [-0.25, -0.2) is 0 Å². The third-order valence-electron chi connectivity index (χ3n) is 0.385. The van der Waals surface area contributed by atoms with Crippen LogP contribution in [-0.2, 0) is 17.1 Å². The summed E-state index contributed by atoms with van der Waals surface area (Å²) >= 11 is 0. The molecule has 12 N–H and O–H groups in total. The third-order valence-corrected chi connectivity index (χ3v) is 0.385. The Morgan fingerprint density at radius 3 is 0.833 bits per heavy atom. The van der Waals surface area contributed by atoms with Gasteiger partial charge < -0.3 is 34.4 Å². The van der Waals surface area contributed by atoms with Crippen molar-refractivity contribution in [2.24, 2.45) is 34.4 Å². The molecule has 0 aliphatic rings. The molecular formula is C4H15FeN6Na. The molecule has 0 rings (SSSR count). The monoisotopic (exact) mass is 226 g/mol. The Bertz CT molecular complexity index is 112. The second kappa shape index (κ2) is 17.0. The van der Waals surface area contributed by atoms with Gasteiger partial charge in [0.1, 0.15) is 11.6 Å².